The highest BCUT2D eigenvalue weighted by atomic mass is 32.2. The Kier molecular flexibility index (Phi) is 4.36. The van der Waals surface area contributed by atoms with Crippen LogP contribution >= 0.6 is 11.8 Å². The minimum Gasteiger partial charge on any atom is -0.398 e. The highest BCUT2D eigenvalue weighted by Crippen LogP contribution is 2.40. The fourth-order valence-corrected chi connectivity index (χ4v) is 3.82. The van der Waals surface area contributed by atoms with Crippen molar-refractivity contribution in [2.75, 3.05) is 5.73 Å². The van der Waals surface area contributed by atoms with E-state index in [1.165, 1.54) is 10.5 Å². The molecule has 2 nitrogen and oxygen atoms in total. The minimum atomic E-state index is -0.211. The fourth-order valence-electron chi connectivity index (χ4n) is 2.65. The van der Waals surface area contributed by atoms with Crippen LogP contribution in [-0.2, 0) is 0 Å². The molecule has 1 heterocycles. The lowest BCUT2D eigenvalue weighted by Crippen LogP contribution is -2.14. The first-order valence-electron chi connectivity index (χ1n) is 7.42. The van der Waals surface area contributed by atoms with E-state index >= 15 is 0 Å². The van der Waals surface area contributed by atoms with Gasteiger partial charge < -0.3 is 11.5 Å². The van der Waals surface area contributed by atoms with Gasteiger partial charge in [-0.1, -0.05) is 73.3 Å². The van der Waals surface area contributed by atoms with Crippen molar-refractivity contribution >= 4 is 17.4 Å². The normalized spacial score (nSPS) is 22.6. The number of thioether (sulfide) groups is 1. The van der Waals surface area contributed by atoms with Gasteiger partial charge in [0, 0.05) is 21.4 Å². The lowest BCUT2D eigenvalue weighted by molar-refractivity contribution is 0.891. The average molecular weight is 308 g/mol. The fraction of sp³-hybridized carbons (Fsp3) is 0.158. The van der Waals surface area contributed by atoms with Crippen molar-refractivity contribution in [3.63, 3.8) is 0 Å². The summed E-state index contributed by atoms with van der Waals surface area (Å²) in [5, 5.41) is 0. The summed E-state index contributed by atoms with van der Waals surface area (Å²) in [5.41, 5.74) is 15.6. The van der Waals surface area contributed by atoms with E-state index in [0.29, 0.717) is 5.92 Å². The topological polar surface area (TPSA) is 52.0 Å². The van der Waals surface area contributed by atoms with Crippen LogP contribution < -0.4 is 11.5 Å². The Morgan fingerprint density at radius 2 is 1.77 bits per heavy atom. The number of allylic oxidation sites excluding steroid dienone is 3. The second-order valence-corrected chi connectivity index (χ2v) is 6.60. The molecule has 2 atom stereocenters. The lowest BCUT2D eigenvalue weighted by atomic mass is 10.00. The van der Waals surface area contributed by atoms with Gasteiger partial charge in [0.1, 0.15) is 0 Å². The highest BCUT2D eigenvalue weighted by Gasteiger charge is 2.18. The predicted octanol–water partition coefficient (Wildman–Crippen LogP) is 4.62. The maximum Gasteiger partial charge on any atom is 0.0635 e. The molecule has 4 N–H and O–H groups in total. The van der Waals surface area contributed by atoms with E-state index in [-0.39, 0.29) is 6.04 Å². The van der Waals surface area contributed by atoms with Crippen LogP contribution in [-0.4, -0.2) is 0 Å². The van der Waals surface area contributed by atoms with E-state index in [1.807, 2.05) is 24.3 Å². The molecule has 1 aliphatic rings. The van der Waals surface area contributed by atoms with Crippen LogP contribution in [0.5, 0.6) is 0 Å². The molecule has 0 saturated carbocycles. The second-order valence-electron chi connectivity index (χ2n) is 5.49. The van der Waals surface area contributed by atoms with E-state index in [1.54, 1.807) is 11.8 Å². The summed E-state index contributed by atoms with van der Waals surface area (Å²) in [4.78, 5) is 2.36. The summed E-state index contributed by atoms with van der Waals surface area (Å²) in [6.07, 6.45) is 6.41. The maximum atomic E-state index is 6.48. The zero-order valence-corrected chi connectivity index (χ0v) is 13.4. The van der Waals surface area contributed by atoms with Gasteiger partial charge in [-0.05, 0) is 23.3 Å². The molecular formula is C19H20N2S. The van der Waals surface area contributed by atoms with Crippen molar-refractivity contribution in [2.45, 2.75) is 23.8 Å². The molecule has 3 heteroatoms. The minimum absolute atomic E-state index is 0.211. The first-order chi connectivity index (χ1) is 10.7. The molecular weight excluding hydrogens is 288 g/mol. The number of fused-ring (bicyclic) bond motifs is 1. The number of rotatable bonds is 2. The Balaban J connectivity index is 1.99. The first kappa shape index (κ1) is 14.9. The third kappa shape index (κ3) is 2.96. The molecule has 0 bridgehead atoms. The molecule has 0 aliphatic carbocycles. The van der Waals surface area contributed by atoms with Gasteiger partial charge in [-0.3, -0.25) is 0 Å². The van der Waals surface area contributed by atoms with Crippen LogP contribution in [0, 0.1) is 0 Å². The van der Waals surface area contributed by atoms with E-state index in [0.717, 1.165) is 16.2 Å². The molecule has 112 valence electrons. The lowest BCUT2D eigenvalue weighted by Gasteiger charge is -2.21. The number of hydrogen-bond acceptors (Lipinski definition) is 3. The Bertz CT molecular complexity index is 734. The third-order valence-corrected chi connectivity index (χ3v) is 5.15. The van der Waals surface area contributed by atoms with Crippen LogP contribution in [0.15, 0.2) is 76.6 Å². The van der Waals surface area contributed by atoms with Gasteiger partial charge in [0.05, 0.1) is 6.04 Å². The molecule has 3 rings (SSSR count). The molecule has 0 saturated heterocycles. The van der Waals surface area contributed by atoms with Gasteiger partial charge in [0.15, 0.2) is 0 Å². The quantitative estimate of drug-likeness (QED) is 0.796. The van der Waals surface area contributed by atoms with Crippen molar-refractivity contribution in [2.24, 2.45) is 5.73 Å². The monoisotopic (exact) mass is 308 g/mol. The smallest absolute Gasteiger partial charge is 0.0635 e. The van der Waals surface area contributed by atoms with Crippen molar-refractivity contribution in [1.29, 1.82) is 0 Å². The predicted molar refractivity (Wildman–Crippen MR) is 95.7 cm³/mol. The summed E-state index contributed by atoms with van der Waals surface area (Å²) in [6, 6.07) is 16.1. The summed E-state index contributed by atoms with van der Waals surface area (Å²) in [6.45, 7) is 2.21. The average Bonchev–Trinajstić information content (AvgIpc) is 2.52. The van der Waals surface area contributed by atoms with Gasteiger partial charge in [-0.2, -0.15) is 0 Å². The standard InChI is InChI=1S/C19H20N2S/c1-13-7-6-12-18(22-17-11-5-3-8-14(13)17)19(21)15-9-2-4-10-16(15)20/h2-13,19H,20-21H2,1H3/b7-6-,18-12-. The van der Waals surface area contributed by atoms with Crippen molar-refractivity contribution in [1.82, 2.24) is 0 Å². The summed E-state index contributed by atoms with van der Waals surface area (Å²) in [7, 11) is 0. The number of para-hydroxylation sites is 1. The second kappa shape index (κ2) is 6.42. The van der Waals surface area contributed by atoms with Gasteiger partial charge in [-0.25, -0.2) is 0 Å². The van der Waals surface area contributed by atoms with Gasteiger partial charge in [-0.15, -0.1) is 0 Å². The molecule has 2 unspecified atom stereocenters. The summed E-state index contributed by atoms with van der Waals surface area (Å²) < 4.78 is 0. The molecule has 1 aliphatic heterocycles. The molecule has 0 amide bonds. The van der Waals surface area contributed by atoms with Crippen molar-refractivity contribution in [3.8, 4) is 0 Å². The number of nitrogens with two attached hydrogens (primary N) is 2. The third-order valence-electron chi connectivity index (χ3n) is 3.94. The summed E-state index contributed by atoms with van der Waals surface area (Å²) in [5.74, 6) is 0.402. The van der Waals surface area contributed by atoms with Crippen LogP contribution in [0.2, 0.25) is 0 Å². The molecule has 2 aromatic carbocycles. The van der Waals surface area contributed by atoms with Gasteiger partial charge in [0.25, 0.3) is 0 Å². The van der Waals surface area contributed by atoms with Crippen LogP contribution in [0.1, 0.15) is 30.0 Å². The highest BCUT2D eigenvalue weighted by molar-refractivity contribution is 8.03. The first-order valence-corrected chi connectivity index (χ1v) is 8.23. The van der Waals surface area contributed by atoms with Crippen molar-refractivity contribution < 1.29 is 0 Å². The van der Waals surface area contributed by atoms with E-state index < -0.39 is 0 Å². The van der Waals surface area contributed by atoms with Gasteiger partial charge >= 0.3 is 0 Å². The van der Waals surface area contributed by atoms with E-state index in [2.05, 4.69) is 49.4 Å². The van der Waals surface area contributed by atoms with Crippen LogP contribution in [0.4, 0.5) is 5.69 Å². The zero-order valence-electron chi connectivity index (χ0n) is 12.6. The summed E-state index contributed by atoms with van der Waals surface area (Å²) >= 11 is 1.74. The molecule has 0 spiro atoms. The molecule has 22 heavy (non-hydrogen) atoms. The molecule has 0 aromatic heterocycles. The SMILES string of the molecule is CC1/C=C\C=C(\C(N)c2ccccc2N)Sc2ccccc21. The number of anilines is 1. The Labute approximate surface area is 135 Å². The van der Waals surface area contributed by atoms with E-state index in [4.69, 9.17) is 11.5 Å². The maximum absolute atomic E-state index is 6.48. The van der Waals surface area contributed by atoms with Crippen LogP contribution in [0.25, 0.3) is 0 Å². The number of hydrogen-bond donors (Lipinski definition) is 2. The molecule has 0 radical (unpaired) electrons. The largest absolute Gasteiger partial charge is 0.398 e. The van der Waals surface area contributed by atoms with E-state index in [9.17, 15) is 0 Å². The number of benzene rings is 2. The molecule has 2 aromatic rings. The van der Waals surface area contributed by atoms with Gasteiger partial charge in [0.2, 0.25) is 0 Å². The Morgan fingerprint density at radius 1 is 1.05 bits per heavy atom. The molecule has 0 fully saturated rings. The zero-order chi connectivity index (χ0) is 15.5. The van der Waals surface area contributed by atoms with Crippen molar-refractivity contribution in [3.05, 3.63) is 82.8 Å². The Morgan fingerprint density at radius 3 is 2.59 bits per heavy atom. The number of nitrogen functional groups attached to an aromatic ring is 1. The Hall–Kier alpha value is -1.97. The van der Waals surface area contributed by atoms with Crippen LogP contribution in [0.3, 0.4) is 0 Å².